The fraction of sp³-hybridized carbons (Fsp3) is 0.385. The van der Waals surface area contributed by atoms with E-state index in [0.717, 1.165) is 39.1 Å². The minimum Gasteiger partial charge on any atom is -0.543 e. The van der Waals surface area contributed by atoms with Gasteiger partial charge in [-0.25, -0.2) is 0 Å². The van der Waals surface area contributed by atoms with E-state index in [1.165, 1.54) is 0 Å². The van der Waals surface area contributed by atoms with Crippen molar-refractivity contribution in [1.29, 1.82) is 5.26 Å². The Bertz CT molecular complexity index is 1160. The predicted molar refractivity (Wildman–Crippen MR) is 123 cm³/mol. The molecule has 0 saturated heterocycles. The molecule has 3 nitrogen and oxygen atoms in total. The maximum absolute atomic E-state index is 13.5. The normalized spacial score (nSPS) is 17.2. The minimum absolute atomic E-state index is 0.0849. The van der Waals surface area contributed by atoms with Crippen LogP contribution >= 0.6 is 0 Å². The van der Waals surface area contributed by atoms with Gasteiger partial charge in [-0.05, 0) is 77.1 Å². The van der Waals surface area contributed by atoms with Gasteiger partial charge in [0.15, 0.2) is 5.78 Å². The van der Waals surface area contributed by atoms with E-state index >= 15 is 0 Å². The molecule has 4 rings (SSSR count). The number of benzene rings is 2. The standard InChI is InChI=1S/C26H29NO2Si/c1-25(2,3)30(6,7)29-18-9-11-20-21(14-18)26(4,5)22-13-17-12-16(15-27)8-10-19(17)23(22)24(20)28/h8-12,14H,13H2,1-7H3. The second-order valence-corrected chi connectivity index (χ2v) is 15.3. The summed E-state index contributed by atoms with van der Waals surface area (Å²) < 4.78 is 6.54. The summed E-state index contributed by atoms with van der Waals surface area (Å²) in [6, 6.07) is 13.9. The Morgan fingerprint density at radius 2 is 1.73 bits per heavy atom. The van der Waals surface area contributed by atoms with Crippen LogP contribution in [0.1, 0.15) is 67.2 Å². The van der Waals surface area contributed by atoms with Gasteiger partial charge in [-0.15, -0.1) is 0 Å². The molecule has 0 atom stereocenters. The van der Waals surface area contributed by atoms with Crippen molar-refractivity contribution in [2.24, 2.45) is 0 Å². The number of Topliss-reactive ketones (excluding diaryl/α,β-unsaturated/α-hetero) is 1. The number of fused-ring (bicyclic) bond motifs is 3. The average molecular weight is 416 g/mol. The van der Waals surface area contributed by atoms with Crippen molar-refractivity contribution >= 4 is 19.7 Å². The Morgan fingerprint density at radius 3 is 2.37 bits per heavy atom. The second-order valence-electron chi connectivity index (χ2n) is 10.5. The number of nitriles is 1. The van der Waals surface area contributed by atoms with Crippen molar-refractivity contribution < 1.29 is 9.22 Å². The van der Waals surface area contributed by atoms with Crippen LogP contribution in [0.3, 0.4) is 0 Å². The number of nitrogens with zero attached hydrogens (tertiary/aromatic N) is 1. The van der Waals surface area contributed by atoms with Gasteiger partial charge in [-0.1, -0.05) is 40.7 Å². The molecule has 0 aromatic heterocycles. The van der Waals surface area contributed by atoms with Gasteiger partial charge in [0.1, 0.15) is 5.75 Å². The van der Waals surface area contributed by atoms with Crippen LogP contribution in [0.2, 0.25) is 18.1 Å². The third kappa shape index (κ3) is 2.95. The molecule has 0 aliphatic heterocycles. The molecule has 0 amide bonds. The average Bonchev–Trinajstić information content (AvgIpc) is 3.05. The van der Waals surface area contributed by atoms with E-state index in [2.05, 4.69) is 59.8 Å². The van der Waals surface area contributed by atoms with Crippen molar-refractivity contribution in [3.63, 3.8) is 0 Å². The first-order valence-corrected chi connectivity index (χ1v) is 13.4. The lowest BCUT2D eigenvalue weighted by Gasteiger charge is -2.38. The number of hydrogen-bond acceptors (Lipinski definition) is 3. The number of hydrogen-bond donors (Lipinski definition) is 0. The first kappa shape index (κ1) is 20.6. The molecule has 0 N–H and O–H groups in total. The maximum Gasteiger partial charge on any atom is 0.250 e. The summed E-state index contributed by atoms with van der Waals surface area (Å²) in [7, 11) is -1.97. The molecule has 0 spiro atoms. The highest BCUT2D eigenvalue weighted by Gasteiger charge is 2.44. The van der Waals surface area contributed by atoms with Crippen LogP contribution in [-0.2, 0) is 11.8 Å². The minimum atomic E-state index is -1.97. The second kappa shape index (κ2) is 6.43. The lowest BCUT2D eigenvalue weighted by molar-refractivity contribution is 0.105. The van der Waals surface area contributed by atoms with E-state index in [1.54, 1.807) is 6.07 Å². The summed E-state index contributed by atoms with van der Waals surface area (Å²) in [6.45, 7) is 15.6. The first-order valence-electron chi connectivity index (χ1n) is 10.5. The summed E-state index contributed by atoms with van der Waals surface area (Å²) >= 11 is 0. The van der Waals surface area contributed by atoms with E-state index in [9.17, 15) is 10.1 Å². The summed E-state index contributed by atoms with van der Waals surface area (Å²) in [5, 5.41) is 9.37. The molecule has 30 heavy (non-hydrogen) atoms. The van der Waals surface area contributed by atoms with E-state index in [4.69, 9.17) is 4.43 Å². The topological polar surface area (TPSA) is 50.1 Å². The van der Waals surface area contributed by atoms with Crippen molar-refractivity contribution in [2.45, 2.75) is 64.6 Å². The molecule has 154 valence electrons. The Labute approximate surface area is 180 Å². The molecular formula is C26H29NO2Si. The van der Waals surface area contributed by atoms with Gasteiger partial charge >= 0.3 is 0 Å². The number of allylic oxidation sites excluding steroid dienone is 2. The fourth-order valence-electron chi connectivity index (χ4n) is 4.33. The van der Waals surface area contributed by atoms with E-state index in [0.29, 0.717) is 12.0 Å². The van der Waals surface area contributed by atoms with Gasteiger partial charge in [-0.2, -0.15) is 5.26 Å². The molecule has 2 aromatic rings. The molecule has 2 aromatic carbocycles. The van der Waals surface area contributed by atoms with E-state index < -0.39 is 8.32 Å². The third-order valence-electron chi connectivity index (χ3n) is 7.24. The van der Waals surface area contributed by atoms with E-state index in [1.807, 2.05) is 24.3 Å². The Morgan fingerprint density at radius 1 is 1.07 bits per heavy atom. The fourth-order valence-corrected chi connectivity index (χ4v) is 5.36. The van der Waals surface area contributed by atoms with Crippen molar-refractivity contribution in [1.82, 2.24) is 0 Å². The lowest BCUT2D eigenvalue weighted by Crippen LogP contribution is -2.44. The highest BCUT2D eigenvalue weighted by molar-refractivity contribution is 6.74. The molecular weight excluding hydrogens is 386 g/mol. The molecule has 0 saturated carbocycles. The first-order chi connectivity index (χ1) is 13.9. The zero-order valence-corrected chi connectivity index (χ0v) is 19.9. The predicted octanol–water partition coefficient (Wildman–Crippen LogP) is 6.43. The van der Waals surface area contributed by atoms with Crippen LogP contribution in [0.4, 0.5) is 0 Å². The van der Waals surface area contributed by atoms with Crippen molar-refractivity contribution in [2.75, 3.05) is 0 Å². The van der Waals surface area contributed by atoms with Crippen molar-refractivity contribution in [3.8, 4) is 11.8 Å². The molecule has 2 aliphatic rings. The van der Waals surface area contributed by atoms with Gasteiger partial charge in [0.2, 0.25) is 8.32 Å². The number of ketones is 1. The van der Waals surface area contributed by atoms with Crippen LogP contribution in [0, 0.1) is 11.3 Å². The largest absolute Gasteiger partial charge is 0.543 e. The summed E-state index contributed by atoms with van der Waals surface area (Å²) in [6.07, 6.45) is 0.714. The zero-order chi connectivity index (χ0) is 22.1. The molecule has 0 heterocycles. The monoisotopic (exact) mass is 415 g/mol. The van der Waals surface area contributed by atoms with Crippen molar-refractivity contribution in [3.05, 3.63) is 69.8 Å². The van der Waals surface area contributed by atoms with E-state index in [-0.39, 0.29) is 16.2 Å². The molecule has 0 radical (unpaired) electrons. The van der Waals surface area contributed by atoms with Crippen LogP contribution in [0.5, 0.6) is 5.75 Å². The maximum atomic E-state index is 13.5. The zero-order valence-electron chi connectivity index (χ0n) is 18.9. The lowest BCUT2D eigenvalue weighted by atomic mass is 9.68. The van der Waals surface area contributed by atoms with Crippen LogP contribution in [0.25, 0.3) is 5.57 Å². The smallest absolute Gasteiger partial charge is 0.250 e. The highest BCUT2D eigenvalue weighted by atomic mass is 28.4. The Hall–Kier alpha value is -2.64. The number of carbonyl (C=O) groups excluding carboxylic acids is 1. The third-order valence-corrected chi connectivity index (χ3v) is 11.6. The van der Waals surface area contributed by atoms with Gasteiger partial charge in [-0.3, -0.25) is 4.79 Å². The van der Waals surface area contributed by atoms with Crippen LogP contribution in [-0.4, -0.2) is 14.1 Å². The number of carbonyl (C=O) groups is 1. The summed E-state index contributed by atoms with van der Waals surface area (Å²) in [5.74, 6) is 0.939. The number of rotatable bonds is 2. The van der Waals surface area contributed by atoms with Gasteiger partial charge in [0.25, 0.3) is 0 Å². The highest BCUT2D eigenvalue weighted by Crippen LogP contribution is 2.50. The van der Waals surface area contributed by atoms with Gasteiger partial charge < -0.3 is 4.43 Å². The SMILES string of the molecule is CC1(C)C2=C(C(=O)c3ccc(O[Si](C)(C)C(C)(C)C)cc31)c1ccc(C#N)cc1C2. The molecule has 0 bridgehead atoms. The van der Waals surface area contributed by atoms with Gasteiger partial charge in [0.05, 0.1) is 11.6 Å². The van der Waals surface area contributed by atoms with Gasteiger partial charge in [0, 0.05) is 16.6 Å². The summed E-state index contributed by atoms with van der Waals surface area (Å²) in [5.41, 5.74) is 6.19. The molecule has 2 aliphatic carbocycles. The van der Waals surface area contributed by atoms with Crippen LogP contribution < -0.4 is 4.43 Å². The Kier molecular flexibility index (Phi) is 4.42. The quantitative estimate of drug-likeness (QED) is 0.531. The van der Waals surface area contributed by atoms with Crippen LogP contribution in [0.15, 0.2) is 42.0 Å². The Balaban J connectivity index is 1.79. The summed E-state index contributed by atoms with van der Waals surface area (Å²) in [4.78, 5) is 13.5. The molecule has 4 heteroatoms. The molecule has 0 fully saturated rings. The molecule has 0 unspecified atom stereocenters.